The molecule has 3 aromatic rings. The van der Waals surface area contributed by atoms with E-state index in [-0.39, 0.29) is 11.0 Å². The van der Waals surface area contributed by atoms with Gasteiger partial charge in [-0.25, -0.2) is 4.79 Å². The Bertz CT molecular complexity index is 1010. The fourth-order valence-electron chi connectivity index (χ4n) is 3.30. The standard InChI is InChI=1S/C20H21ClN4O3S/c1-13(16-8-9-17(28-16)18(26)27-2)29-20-23-22-19(24-10-3-4-11-24)25(20)15-7-5-6-14(21)12-15/h5-9,12-13H,3-4,10-11H2,1-2H3. The molecule has 7 nitrogen and oxygen atoms in total. The first-order valence-electron chi connectivity index (χ1n) is 9.38. The number of esters is 1. The Hall–Kier alpha value is -2.45. The van der Waals surface area contributed by atoms with Crippen molar-refractivity contribution in [3.8, 4) is 5.69 Å². The van der Waals surface area contributed by atoms with Gasteiger partial charge in [-0.3, -0.25) is 4.57 Å². The first-order valence-corrected chi connectivity index (χ1v) is 10.6. The Kier molecular flexibility index (Phi) is 5.82. The number of halogens is 1. The Balaban J connectivity index is 1.66. The number of carbonyl (C=O) groups excluding carboxylic acids is 1. The van der Waals surface area contributed by atoms with E-state index in [9.17, 15) is 4.79 Å². The van der Waals surface area contributed by atoms with Crippen molar-refractivity contribution in [1.82, 2.24) is 14.8 Å². The minimum absolute atomic E-state index is 0.0815. The Labute approximate surface area is 178 Å². The van der Waals surface area contributed by atoms with Crippen molar-refractivity contribution in [1.29, 1.82) is 0 Å². The molecule has 1 unspecified atom stereocenters. The molecule has 1 atom stereocenters. The molecule has 2 aromatic heterocycles. The number of anilines is 1. The molecule has 152 valence electrons. The van der Waals surface area contributed by atoms with Crippen molar-refractivity contribution >= 4 is 35.3 Å². The van der Waals surface area contributed by atoms with E-state index in [0.717, 1.165) is 42.7 Å². The predicted octanol–water partition coefficient (Wildman–Crippen LogP) is 4.75. The fraction of sp³-hybridized carbons (Fsp3) is 0.350. The van der Waals surface area contributed by atoms with Crippen molar-refractivity contribution in [3.05, 3.63) is 52.9 Å². The van der Waals surface area contributed by atoms with Crippen LogP contribution in [0, 0.1) is 0 Å². The number of aromatic nitrogens is 3. The van der Waals surface area contributed by atoms with Crippen LogP contribution in [-0.4, -0.2) is 40.9 Å². The van der Waals surface area contributed by atoms with Crippen molar-refractivity contribution in [2.24, 2.45) is 0 Å². The number of benzene rings is 1. The average molecular weight is 433 g/mol. The summed E-state index contributed by atoms with van der Waals surface area (Å²) in [6.45, 7) is 3.91. The second kappa shape index (κ2) is 8.51. The van der Waals surface area contributed by atoms with Gasteiger partial charge in [0.2, 0.25) is 11.7 Å². The smallest absolute Gasteiger partial charge is 0.373 e. The molecule has 1 aliphatic rings. The van der Waals surface area contributed by atoms with Gasteiger partial charge in [0.15, 0.2) is 5.16 Å². The summed E-state index contributed by atoms with van der Waals surface area (Å²) in [6, 6.07) is 11.1. The highest BCUT2D eigenvalue weighted by Crippen LogP contribution is 2.38. The second-order valence-corrected chi connectivity index (χ2v) is 8.49. The Morgan fingerprint density at radius 3 is 2.76 bits per heavy atom. The van der Waals surface area contributed by atoms with Crippen LogP contribution in [0.25, 0.3) is 5.69 Å². The maximum Gasteiger partial charge on any atom is 0.373 e. The molecule has 0 aliphatic carbocycles. The van der Waals surface area contributed by atoms with Gasteiger partial charge in [-0.15, -0.1) is 10.2 Å². The van der Waals surface area contributed by atoms with E-state index in [0.29, 0.717) is 10.8 Å². The lowest BCUT2D eigenvalue weighted by Gasteiger charge is -2.19. The first-order chi connectivity index (χ1) is 14.1. The molecule has 1 fully saturated rings. The first kappa shape index (κ1) is 19.8. The lowest BCUT2D eigenvalue weighted by atomic mass is 10.3. The number of carbonyl (C=O) groups is 1. The molecule has 3 heterocycles. The van der Waals surface area contributed by atoms with Crippen LogP contribution >= 0.6 is 23.4 Å². The van der Waals surface area contributed by atoms with Crippen LogP contribution in [0.1, 0.15) is 41.3 Å². The second-order valence-electron chi connectivity index (χ2n) is 6.75. The minimum Gasteiger partial charge on any atom is -0.463 e. The largest absolute Gasteiger partial charge is 0.463 e. The van der Waals surface area contributed by atoms with Gasteiger partial charge in [0.1, 0.15) is 5.76 Å². The van der Waals surface area contributed by atoms with E-state index in [1.54, 1.807) is 12.1 Å². The highest BCUT2D eigenvalue weighted by atomic mass is 35.5. The molecule has 0 bridgehead atoms. The molecule has 0 spiro atoms. The van der Waals surface area contributed by atoms with E-state index in [1.165, 1.54) is 18.9 Å². The van der Waals surface area contributed by atoms with E-state index in [4.69, 9.17) is 20.8 Å². The summed E-state index contributed by atoms with van der Waals surface area (Å²) in [5, 5.41) is 10.2. The predicted molar refractivity (Wildman–Crippen MR) is 112 cm³/mol. The molecule has 0 amide bonds. The molecule has 0 radical (unpaired) electrons. The summed E-state index contributed by atoms with van der Waals surface area (Å²) < 4.78 is 12.4. The summed E-state index contributed by atoms with van der Waals surface area (Å²) in [4.78, 5) is 13.9. The highest BCUT2D eigenvalue weighted by Gasteiger charge is 2.25. The zero-order chi connectivity index (χ0) is 20.4. The number of rotatable bonds is 6. The van der Waals surface area contributed by atoms with Crippen LogP contribution in [0.15, 0.2) is 46.0 Å². The lowest BCUT2D eigenvalue weighted by Crippen LogP contribution is -2.22. The number of hydrogen-bond donors (Lipinski definition) is 0. The van der Waals surface area contributed by atoms with Crippen LogP contribution < -0.4 is 4.90 Å². The van der Waals surface area contributed by atoms with Gasteiger partial charge in [-0.2, -0.15) is 0 Å². The van der Waals surface area contributed by atoms with E-state index in [1.807, 2.05) is 35.8 Å². The quantitative estimate of drug-likeness (QED) is 0.411. The third-order valence-corrected chi connectivity index (χ3v) is 6.06. The van der Waals surface area contributed by atoms with Gasteiger partial charge in [0, 0.05) is 18.1 Å². The average Bonchev–Trinajstić information content (AvgIpc) is 3.47. The monoisotopic (exact) mass is 432 g/mol. The molecular weight excluding hydrogens is 412 g/mol. The highest BCUT2D eigenvalue weighted by molar-refractivity contribution is 7.99. The number of thioether (sulfide) groups is 1. The van der Waals surface area contributed by atoms with Crippen LogP contribution in [0.4, 0.5) is 5.95 Å². The van der Waals surface area contributed by atoms with Gasteiger partial charge in [-0.1, -0.05) is 29.4 Å². The third kappa shape index (κ3) is 4.13. The summed E-state index contributed by atoms with van der Waals surface area (Å²) >= 11 is 7.75. The van der Waals surface area contributed by atoms with Gasteiger partial charge in [0.25, 0.3) is 0 Å². The van der Waals surface area contributed by atoms with Crippen LogP contribution in [-0.2, 0) is 4.74 Å². The molecule has 1 saturated heterocycles. The van der Waals surface area contributed by atoms with Gasteiger partial charge in [-0.05, 0) is 50.1 Å². The minimum atomic E-state index is -0.494. The van der Waals surface area contributed by atoms with Crippen molar-refractivity contribution < 1.29 is 13.9 Å². The van der Waals surface area contributed by atoms with E-state index >= 15 is 0 Å². The van der Waals surface area contributed by atoms with Gasteiger partial charge in [0.05, 0.1) is 18.0 Å². The number of nitrogens with zero attached hydrogens (tertiary/aromatic N) is 4. The van der Waals surface area contributed by atoms with Gasteiger partial charge >= 0.3 is 5.97 Å². The number of methoxy groups -OCH3 is 1. The number of furan rings is 1. The van der Waals surface area contributed by atoms with E-state index in [2.05, 4.69) is 15.1 Å². The maximum atomic E-state index is 11.7. The Morgan fingerprint density at radius 2 is 2.03 bits per heavy atom. The van der Waals surface area contributed by atoms with E-state index < -0.39 is 5.97 Å². The third-order valence-electron chi connectivity index (χ3n) is 4.77. The summed E-state index contributed by atoms with van der Waals surface area (Å²) in [7, 11) is 1.33. The van der Waals surface area contributed by atoms with Crippen molar-refractivity contribution in [2.75, 3.05) is 25.1 Å². The SMILES string of the molecule is COC(=O)c1ccc(C(C)Sc2nnc(N3CCCC3)n2-c2cccc(Cl)c2)o1. The summed E-state index contributed by atoms with van der Waals surface area (Å²) in [5.41, 5.74) is 0.911. The van der Waals surface area contributed by atoms with Crippen molar-refractivity contribution in [3.63, 3.8) is 0 Å². The van der Waals surface area contributed by atoms with Crippen molar-refractivity contribution in [2.45, 2.75) is 30.2 Å². The maximum absolute atomic E-state index is 11.7. The molecular formula is C20H21ClN4O3S. The molecule has 1 aromatic carbocycles. The Morgan fingerprint density at radius 1 is 1.24 bits per heavy atom. The lowest BCUT2D eigenvalue weighted by molar-refractivity contribution is 0.0563. The van der Waals surface area contributed by atoms with Crippen LogP contribution in [0.3, 0.4) is 0 Å². The zero-order valence-electron chi connectivity index (χ0n) is 16.2. The molecule has 0 saturated carbocycles. The number of hydrogen-bond acceptors (Lipinski definition) is 7. The molecule has 4 rings (SSSR count). The van der Waals surface area contributed by atoms with Crippen LogP contribution in [0.2, 0.25) is 5.02 Å². The summed E-state index contributed by atoms with van der Waals surface area (Å²) in [6.07, 6.45) is 2.29. The molecule has 29 heavy (non-hydrogen) atoms. The van der Waals surface area contributed by atoms with Crippen LogP contribution in [0.5, 0.6) is 0 Å². The van der Waals surface area contributed by atoms with Gasteiger partial charge < -0.3 is 14.1 Å². The zero-order valence-corrected chi connectivity index (χ0v) is 17.7. The molecule has 9 heteroatoms. The molecule has 0 N–H and O–H groups in total. The number of ether oxygens (including phenoxy) is 1. The fourth-order valence-corrected chi connectivity index (χ4v) is 4.42. The molecule has 1 aliphatic heterocycles. The summed E-state index contributed by atoms with van der Waals surface area (Å²) in [5.74, 6) is 1.17. The topological polar surface area (TPSA) is 73.4 Å². The normalized spacial score (nSPS) is 14.9.